The Labute approximate surface area is 106 Å². The van der Waals surface area contributed by atoms with Gasteiger partial charge in [0.25, 0.3) is 0 Å². The van der Waals surface area contributed by atoms with Gasteiger partial charge in [-0.15, -0.1) is 11.3 Å². The Balaban J connectivity index is 1.86. The molecule has 4 nitrogen and oxygen atoms in total. The van der Waals surface area contributed by atoms with E-state index in [0.29, 0.717) is 13.2 Å². The molecule has 0 amide bonds. The van der Waals surface area contributed by atoms with E-state index in [9.17, 15) is 0 Å². The van der Waals surface area contributed by atoms with Crippen LogP contribution in [-0.2, 0) is 9.47 Å². The van der Waals surface area contributed by atoms with Gasteiger partial charge in [0.2, 0.25) is 0 Å². The fourth-order valence-corrected chi connectivity index (χ4v) is 2.60. The van der Waals surface area contributed by atoms with E-state index in [1.54, 1.807) is 11.3 Å². The molecule has 0 saturated carbocycles. The maximum Gasteiger partial charge on any atom is 0.162 e. The average molecular weight is 256 g/mol. The molecule has 0 aromatic carbocycles. The average Bonchev–Trinajstić information content (AvgIpc) is 2.68. The SMILES string of the molecule is Cc1csc(C(C)NC2COC(C)(C)OC2)n1. The van der Waals surface area contributed by atoms with Crippen LogP contribution in [0, 0.1) is 6.92 Å². The molecule has 2 rings (SSSR count). The molecule has 1 unspecified atom stereocenters. The number of aryl methyl sites for hydroxylation is 1. The third-order valence-electron chi connectivity index (χ3n) is 2.76. The highest BCUT2D eigenvalue weighted by Gasteiger charge is 2.29. The van der Waals surface area contributed by atoms with Crippen molar-refractivity contribution in [3.05, 3.63) is 16.1 Å². The van der Waals surface area contributed by atoms with Gasteiger partial charge < -0.3 is 14.8 Å². The first-order valence-corrected chi connectivity index (χ1v) is 6.80. The minimum Gasteiger partial charge on any atom is -0.349 e. The number of thiazole rings is 1. The lowest BCUT2D eigenvalue weighted by atomic mass is 10.2. The minimum atomic E-state index is -0.445. The zero-order valence-electron chi connectivity index (χ0n) is 10.8. The van der Waals surface area contributed by atoms with Gasteiger partial charge in [0.05, 0.1) is 25.3 Å². The van der Waals surface area contributed by atoms with Gasteiger partial charge in [-0.25, -0.2) is 4.98 Å². The molecule has 1 aromatic heterocycles. The normalized spacial score (nSPS) is 22.6. The lowest BCUT2D eigenvalue weighted by molar-refractivity contribution is -0.253. The highest BCUT2D eigenvalue weighted by atomic mass is 32.1. The van der Waals surface area contributed by atoms with Crippen LogP contribution >= 0.6 is 11.3 Å². The van der Waals surface area contributed by atoms with E-state index >= 15 is 0 Å². The van der Waals surface area contributed by atoms with Gasteiger partial charge in [-0.3, -0.25) is 0 Å². The molecule has 0 aliphatic carbocycles. The number of rotatable bonds is 3. The molecule has 0 radical (unpaired) electrons. The number of hydrogen-bond donors (Lipinski definition) is 1. The summed E-state index contributed by atoms with van der Waals surface area (Å²) in [5.41, 5.74) is 1.08. The van der Waals surface area contributed by atoms with Gasteiger partial charge in [0, 0.05) is 11.1 Å². The molecular weight excluding hydrogens is 236 g/mol. The number of aromatic nitrogens is 1. The molecule has 1 atom stereocenters. The molecule has 0 spiro atoms. The summed E-state index contributed by atoms with van der Waals surface area (Å²) in [6.07, 6.45) is 0. The molecule has 0 bridgehead atoms. The highest BCUT2D eigenvalue weighted by molar-refractivity contribution is 7.09. The van der Waals surface area contributed by atoms with E-state index in [1.807, 2.05) is 20.8 Å². The molecule has 2 heterocycles. The summed E-state index contributed by atoms with van der Waals surface area (Å²) >= 11 is 1.69. The Hall–Kier alpha value is -0.490. The second-order valence-electron chi connectivity index (χ2n) is 4.93. The number of ether oxygens (including phenoxy) is 2. The maximum atomic E-state index is 5.62. The van der Waals surface area contributed by atoms with Crippen LogP contribution in [0.15, 0.2) is 5.38 Å². The lowest BCUT2D eigenvalue weighted by Crippen LogP contribution is -2.49. The summed E-state index contributed by atoms with van der Waals surface area (Å²) in [7, 11) is 0. The standard InChI is InChI=1S/C12H20N2O2S/c1-8-7-17-11(13-8)9(2)14-10-5-15-12(3,4)16-6-10/h7,9-10,14H,5-6H2,1-4H3. The third kappa shape index (κ3) is 3.48. The molecule has 1 N–H and O–H groups in total. The summed E-state index contributed by atoms with van der Waals surface area (Å²) in [5.74, 6) is -0.445. The topological polar surface area (TPSA) is 43.4 Å². The summed E-state index contributed by atoms with van der Waals surface area (Å²) in [5, 5.41) is 6.68. The van der Waals surface area contributed by atoms with Crippen molar-refractivity contribution in [1.82, 2.24) is 10.3 Å². The van der Waals surface area contributed by atoms with Crippen LogP contribution in [0.4, 0.5) is 0 Å². The van der Waals surface area contributed by atoms with E-state index in [-0.39, 0.29) is 12.1 Å². The van der Waals surface area contributed by atoms with Crippen molar-refractivity contribution in [3.8, 4) is 0 Å². The van der Waals surface area contributed by atoms with Gasteiger partial charge in [0.15, 0.2) is 5.79 Å². The Morgan fingerprint density at radius 1 is 1.47 bits per heavy atom. The van der Waals surface area contributed by atoms with Crippen LogP contribution in [0.5, 0.6) is 0 Å². The summed E-state index contributed by atoms with van der Waals surface area (Å²) in [6, 6.07) is 0.481. The minimum absolute atomic E-state index is 0.238. The van der Waals surface area contributed by atoms with Crippen molar-refractivity contribution in [1.29, 1.82) is 0 Å². The fourth-order valence-electron chi connectivity index (χ4n) is 1.78. The predicted molar refractivity (Wildman–Crippen MR) is 68.2 cm³/mol. The fraction of sp³-hybridized carbons (Fsp3) is 0.750. The summed E-state index contributed by atoms with van der Waals surface area (Å²) in [4.78, 5) is 4.48. The smallest absolute Gasteiger partial charge is 0.162 e. The Morgan fingerprint density at radius 2 is 2.12 bits per heavy atom. The van der Waals surface area contributed by atoms with Crippen LogP contribution < -0.4 is 5.32 Å². The number of hydrogen-bond acceptors (Lipinski definition) is 5. The second-order valence-corrected chi connectivity index (χ2v) is 5.82. The predicted octanol–water partition coefficient (Wildman–Crippen LogP) is 2.25. The molecule has 5 heteroatoms. The molecule has 96 valence electrons. The first-order valence-electron chi connectivity index (χ1n) is 5.92. The van der Waals surface area contributed by atoms with Crippen molar-refractivity contribution < 1.29 is 9.47 Å². The summed E-state index contributed by atoms with van der Waals surface area (Å²) < 4.78 is 11.2. The Kier molecular flexibility index (Phi) is 3.82. The molecule has 1 aliphatic rings. The van der Waals surface area contributed by atoms with Crippen molar-refractivity contribution in [2.75, 3.05) is 13.2 Å². The Bertz CT molecular complexity index is 368. The van der Waals surface area contributed by atoms with Crippen molar-refractivity contribution in [2.24, 2.45) is 0 Å². The van der Waals surface area contributed by atoms with Crippen molar-refractivity contribution in [2.45, 2.75) is 45.6 Å². The first kappa shape index (κ1) is 13.0. The first-order chi connectivity index (χ1) is 7.96. The second kappa shape index (κ2) is 5.02. The van der Waals surface area contributed by atoms with E-state index in [2.05, 4.69) is 22.6 Å². The van der Waals surface area contributed by atoms with Crippen molar-refractivity contribution in [3.63, 3.8) is 0 Å². The van der Waals surface area contributed by atoms with Crippen LogP contribution in [0.1, 0.15) is 37.5 Å². The zero-order chi connectivity index (χ0) is 12.5. The van der Waals surface area contributed by atoms with E-state index in [4.69, 9.17) is 9.47 Å². The molecular formula is C12H20N2O2S. The third-order valence-corrected chi connectivity index (χ3v) is 3.90. The largest absolute Gasteiger partial charge is 0.349 e. The van der Waals surface area contributed by atoms with Crippen LogP contribution in [-0.4, -0.2) is 30.0 Å². The molecule has 1 saturated heterocycles. The molecule has 1 aromatic rings. The zero-order valence-corrected chi connectivity index (χ0v) is 11.6. The number of nitrogens with zero attached hydrogens (tertiary/aromatic N) is 1. The Morgan fingerprint density at radius 3 is 2.65 bits per heavy atom. The maximum absolute atomic E-state index is 5.62. The van der Waals surface area contributed by atoms with E-state index < -0.39 is 5.79 Å². The molecule has 17 heavy (non-hydrogen) atoms. The van der Waals surface area contributed by atoms with Crippen LogP contribution in [0.2, 0.25) is 0 Å². The lowest BCUT2D eigenvalue weighted by Gasteiger charge is -2.36. The quantitative estimate of drug-likeness (QED) is 0.901. The monoisotopic (exact) mass is 256 g/mol. The highest BCUT2D eigenvalue weighted by Crippen LogP contribution is 2.21. The van der Waals surface area contributed by atoms with Gasteiger partial charge >= 0.3 is 0 Å². The van der Waals surface area contributed by atoms with E-state index in [1.165, 1.54) is 0 Å². The van der Waals surface area contributed by atoms with Crippen LogP contribution in [0.25, 0.3) is 0 Å². The van der Waals surface area contributed by atoms with Gasteiger partial charge in [0.1, 0.15) is 5.01 Å². The summed E-state index contributed by atoms with van der Waals surface area (Å²) in [6.45, 7) is 9.39. The van der Waals surface area contributed by atoms with Gasteiger partial charge in [-0.1, -0.05) is 0 Å². The van der Waals surface area contributed by atoms with Crippen LogP contribution in [0.3, 0.4) is 0 Å². The van der Waals surface area contributed by atoms with Gasteiger partial charge in [-0.05, 0) is 27.7 Å². The van der Waals surface area contributed by atoms with Crippen molar-refractivity contribution >= 4 is 11.3 Å². The molecule has 1 aliphatic heterocycles. The number of nitrogens with one attached hydrogen (secondary N) is 1. The molecule has 1 fully saturated rings. The van der Waals surface area contributed by atoms with Gasteiger partial charge in [-0.2, -0.15) is 0 Å². The van der Waals surface area contributed by atoms with E-state index in [0.717, 1.165) is 10.7 Å².